The molecule has 0 saturated carbocycles. The molecule has 2 aromatic rings. The summed E-state index contributed by atoms with van der Waals surface area (Å²) in [6.07, 6.45) is 1.77. The van der Waals surface area contributed by atoms with Crippen molar-refractivity contribution in [1.29, 1.82) is 0 Å². The van der Waals surface area contributed by atoms with Gasteiger partial charge >= 0.3 is 0 Å². The first kappa shape index (κ1) is 14.0. The van der Waals surface area contributed by atoms with Crippen LogP contribution in [0.5, 0.6) is 0 Å². The van der Waals surface area contributed by atoms with Crippen molar-refractivity contribution in [2.24, 2.45) is 0 Å². The molecule has 0 aliphatic carbocycles. The maximum Gasteiger partial charge on any atom is 0.174 e. The second-order valence-corrected chi connectivity index (χ2v) is 7.29. The number of rotatable bonds is 0. The van der Waals surface area contributed by atoms with Crippen LogP contribution in [0.3, 0.4) is 0 Å². The number of aryl methyl sites for hydroxylation is 1. The van der Waals surface area contributed by atoms with E-state index in [0.717, 1.165) is 42.0 Å². The fraction of sp³-hybridized carbons (Fsp3) is 0.316. The number of nitrogens with one attached hydrogen (secondary N) is 1. The van der Waals surface area contributed by atoms with Crippen molar-refractivity contribution in [1.82, 2.24) is 5.32 Å². The molecule has 2 heterocycles. The van der Waals surface area contributed by atoms with E-state index in [2.05, 4.69) is 54.7 Å². The van der Waals surface area contributed by atoms with Crippen molar-refractivity contribution in [2.75, 3.05) is 13.1 Å². The summed E-state index contributed by atoms with van der Waals surface area (Å²) in [7, 11) is 0. The van der Waals surface area contributed by atoms with Gasteiger partial charge in [-0.3, -0.25) is 4.79 Å². The van der Waals surface area contributed by atoms with Gasteiger partial charge in [0.15, 0.2) is 5.78 Å². The van der Waals surface area contributed by atoms with Gasteiger partial charge in [-0.25, -0.2) is 0 Å². The zero-order valence-corrected chi connectivity index (χ0v) is 13.5. The van der Waals surface area contributed by atoms with Gasteiger partial charge in [0, 0.05) is 15.4 Å². The largest absolute Gasteiger partial charge is 0.317 e. The Balaban J connectivity index is 2.01. The van der Waals surface area contributed by atoms with E-state index < -0.39 is 0 Å². The Hall–Kier alpha value is -1.58. The first-order valence-electron chi connectivity index (χ1n) is 7.85. The number of carbonyl (C=O) groups excluding carboxylic acids is 1. The fourth-order valence-electron chi connectivity index (χ4n) is 3.80. The van der Waals surface area contributed by atoms with Gasteiger partial charge in [-0.1, -0.05) is 42.1 Å². The summed E-state index contributed by atoms with van der Waals surface area (Å²) in [5.41, 5.74) is 2.90. The van der Waals surface area contributed by atoms with Crippen LogP contribution in [0.4, 0.5) is 0 Å². The van der Waals surface area contributed by atoms with E-state index in [1.54, 1.807) is 11.8 Å². The van der Waals surface area contributed by atoms with Crippen molar-refractivity contribution in [2.45, 2.75) is 35.0 Å². The standard InChI is InChI=1S/C19H19NOS/c1-13-5-4-8-16-17(13)18(21)19(9-11-20-12-10-19)14-6-2-3-7-15(14)22-16/h2-8,20H,9-12H2,1H3. The van der Waals surface area contributed by atoms with Crippen LogP contribution < -0.4 is 5.32 Å². The SMILES string of the molecule is Cc1cccc2c1C(=O)C1(CCNCC1)c1ccccc1S2. The highest BCUT2D eigenvalue weighted by Crippen LogP contribution is 2.48. The van der Waals surface area contributed by atoms with Crippen LogP contribution in [0.1, 0.15) is 34.3 Å². The van der Waals surface area contributed by atoms with Crippen molar-refractivity contribution in [3.63, 3.8) is 0 Å². The molecule has 22 heavy (non-hydrogen) atoms. The van der Waals surface area contributed by atoms with E-state index >= 15 is 0 Å². The van der Waals surface area contributed by atoms with Gasteiger partial charge in [-0.05, 0) is 56.1 Å². The highest BCUT2D eigenvalue weighted by atomic mass is 32.2. The Morgan fingerprint density at radius 1 is 1.00 bits per heavy atom. The van der Waals surface area contributed by atoms with Gasteiger partial charge < -0.3 is 5.32 Å². The predicted octanol–water partition coefficient (Wildman–Crippen LogP) is 3.96. The lowest BCUT2D eigenvalue weighted by Gasteiger charge is -2.37. The zero-order valence-electron chi connectivity index (χ0n) is 12.7. The quantitative estimate of drug-likeness (QED) is 0.798. The molecular formula is C19H19NOS. The van der Waals surface area contributed by atoms with Crippen LogP contribution >= 0.6 is 11.8 Å². The first-order valence-corrected chi connectivity index (χ1v) is 8.66. The lowest BCUT2D eigenvalue weighted by molar-refractivity contribution is 0.0842. The van der Waals surface area contributed by atoms with Crippen molar-refractivity contribution < 1.29 is 4.79 Å². The van der Waals surface area contributed by atoms with E-state index in [0.29, 0.717) is 5.78 Å². The Morgan fingerprint density at radius 2 is 1.73 bits per heavy atom. The molecule has 4 rings (SSSR count). The minimum atomic E-state index is -0.355. The summed E-state index contributed by atoms with van der Waals surface area (Å²) >= 11 is 1.75. The molecule has 0 aromatic heterocycles. The van der Waals surface area contributed by atoms with E-state index in [1.165, 1.54) is 10.5 Å². The number of fused-ring (bicyclic) bond motifs is 3. The van der Waals surface area contributed by atoms with Gasteiger partial charge in [-0.2, -0.15) is 0 Å². The molecule has 112 valence electrons. The average molecular weight is 309 g/mol. The third-order valence-corrected chi connectivity index (χ3v) is 6.11. The molecule has 1 fully saturated rings. The van der Waals surface area contributed by atoms with Crippen LogP contribution in [-0.2, 0) is 5.41 Å². The summed E-state index contributed by atoms with van der Waals surface area (Å²) in [6.45, 7) is 3.87. The van der Waals surface area contributed by atoms with Crippen LogP contribution in [0.25, 0.3) is 0 Å². The minimum Gasteiger partial charge on any atom is -0.317 e. The third kappa shape index (κ3) is 1.96. The topological polar surface area (TPSA) is 29.1 Å². The molecule has 1 saturated heterocycles. The Morgan fingerprint density at radius 3 is 2.55 bits per heavy atom. The number of benzene rings is 2. The Labute approximate surface area is 135 Å². The normalized spacial score (nSPS) is 19.4. The second-order valence-electron chi connectivity index (χ2n) is 6.21. The van der Waals surface area contributed by atoms with E-state index in [-0.39, 0.29) is 5.41 Å². The maximum absolute atomic E-state index is 13.6. The van der Waals surface area contributed by atoms with Crippen LogP contribution in [0.2, 0.25) is 0 Å². The molecule has 2 aliphatic rings. The smallest absolute Gasteiger partial charge is 0.174 e. The number of hydrogen-bond donors (Lipinski definition) is 1. The molecule has 0 atom stereocenters. The number of piperidine rings is 1. The Bertz CT molecular complexity index is 747. The van der Waals surface area contributed by atoms with Gasteiger partial charge in [0.25, 0.3) is 0 Å². The molecule has 0 amide bonds. The molecule has 0 radical (unpaired) electrons. The second kappa shape index (κ2) is 5.25. The molecule has 1 spiro atoms. The summed E-state index contributed by atoms with van der Waals surface area (Å²) in [6, 6.07) is 14.7. The highest BCUT2D eigenvalue weighted by Gasteiger charge is 2.45. The van der Waals surface area contributed by atoms with Gasteiger partial charge in [0.1, 0.15) is 0 Å². The zero-order chi connectivity index (χ0) is 15.2. The van der Waals surface area contributed by atoms with Gasteiger partial charge in [0.2, 0.25) is 0 Å². The molecule has 2 aromatic carbocycles. The summed E-state index contributed by atoms with van der Waals surface area (Å²) < 4.78 is 0. The van der Waals surface area contributed by atoms with Crippen LogP contribution in [-0.4, -0.2) is 18.9 Å². The number of hydrogen-bond acceptors (Lipinski definition) is 3. The number of ketones is 1. The lowest BCUT2D eigenvalue weighted by Crippen LogP contribution is -2.45. The first-order chi connectivity index (χ1) is 10.7. The molecule has 0 unspecified atom stereocenters. The van der Waals surface area contributed by atoms with Crippen molar-refractivity contribution in [3.05, 3.63) is 59.2 Å². The molecular weight excluding hydrogens is 290 g/mol. The molecule has 3 heteroatoms. The fourth-order valence-corrected chi connectivity index (χ4v) is 5.06. The monoisotopic (exact) mass is 309 g/mol. The molecule has 1 N–H and O–H groups in total. The maximum atomic E-state index is 13.6. The van der Waals surface area contributed by atoms with E-state index in [1.807, 2.05) is 0 Å². The molecule has 0 bridgehead atoms. The third-order valence-electron chi connectivity index (χ3n) is 4.98. The minimum absolute atomic E-state index is 0.319. The van der Waals surface area contributed by atoms with Crippen LogP contribution in [0.15, 0.2) is 52.3 Å². The summed E-state index contributed by atoms with van der Waals surface area (Å²) in [5, 5.41) is 3.41. The Kier molecular flexibility index (Phi) is 3.35. The average Bonchev–Trinajstić information content (AvgIpc) is 2.64. The number of Topliss-reactive ketones (excluding diaryl/α,β-unsaturated/α-hetero) is 1. The molecule has 2 aliphatic heterocycles. The highest BCUT2D eigenvalue weighted by molar-refractivity contribution is 7.99. The summed E-state index contributed by atoms with van der Waals surface area (Å²) in [4.78, 5) is 15.9. The van der Waals surface area contributed by atoms with Crippen LogP contribution in [0, 0.1) is 6.92 Å². The van der Waals surface area contributed by atoms with Gasteiger partial charge in [0.05, 0.1) is 5.41 Å². The number of carbonyl (C=O) groups is 1. The van der Waals surface area contributed by atoms with Gasteiger partial charge in [-0.15, -0.1) is 0 Å². The lowest BCUT2D eigenvalue weighted by atomic mass is 9.68. The van der Waals surface area contributed by atoms with E-state index in [9.17, 15) is 4.79 Å². The molecule has 2 nitrogen and oxygen atoms in total. The van der Waals surface area contributed by atoms with Crippen molar-refractivity contribution >= 4 is 17.5 Å². The van der Waals surface area contributed by atoms with E-state index in [4.69, 9.17) is 0 Å². The summed E-state index contributed by atoms with van der Waals surface area (Å²) in [5.74, 6) is 0.319. The van der Waals surface area contributed by atoms with Crippen molar-refractivity contribution in [3.8, 4) is 0 Å². The predicted molar refractivity (Wildman–Crippen MR) is 89.9 cm³/mol.